The van der Waals surface area contributed by atoms with Crippen LogP contribution in [0.5, 0.6) is 0 Å². The van der Waals surface area contributed by atoms with Crippen LogP contribution in [-0.4, -0.2) is 31.1 Å². The maximum Gasteiger partial charge on any atom is 0.313 e. The van der Waals surface area contributed by atoms with Crippen molar-refractivity contribution in [3.63, 3.8) is 0 Å². The third-order valence-corrected chi connectivity index (χ3v) is 3.28. The molecule has 0 spiro atoms. The van der Waals surface area contributed by atoms with Crippen molar-refractivity contribution >= 4 is 40.7 Å². The number of ether oxygens (including phenoxy) is 1. The monoisotopic (exact) mass is 332 g/mol. The van der Waals surface area contributed by atoms with Gasteiger partial charge >= 0.3 is 11.8 Å². The van der Waals surface area contributed by atoms with E-state index < -0.39 is 11.8 Å². The lowest BCUT2D eigenvalue weighted by molar-refractivity contribution is -0.136. The van der Waals surface area contributed by atoms with Crippen LogP contribution >= 0.6 is 23.2 Å². The van der Waals surface area contributed by atoms with Gasteiger partial charge in [-0.05, 0) is 32.4 Å². The van der Waals surface area contributed by atoms with Crippen LogP contribution in [0.3, 0.4) is 0 Å². The lowest BCUT2D eigenvalue weighted by Gasteiger charge is -2.09. The molecule has 1 aromatic carbocycles. The zero-order valence-electron chi connectivity index (χ0n) is 11.9. The molecular weight excluding hydrogens is 315 g/mol. The van der Waals surface area contributed by atoms with Gasteiger partial charge in [-0.25, -0.2) is 0 Å². The van der Waals surface area contributed by atoms with Crippen molar-refractivity contribution in [2.24, 2.45) is 0 Å². The first kappa shape index (κ1) is 17.8. The molecule has 2 N–H and O–H groups in total. The average Bonchev–Trinajstić information content (AvgIpc) is 2.42. The van der Waals surface area contributed by atoms with Crippen LogP contribution in [0.15, 0.2) is 18.2 Å². The first-order chi connectivity index (χ1) is 9.91. The molecule has 0 fully saturated rings. The summed E-state index contributed by atoms with van der Waals surface area (Å²) in [6, 6.07) is 4.79. The number of anilines is 1. The van der Waals surface area contributed by atoms with Crippen LogP contribution in [0, 0.1) is 0 Å². The van der Waals surface area contributed by atoms with Gasteiger partial charge in [-0.3, -0.25) is 9.59 Å². The Morgan fingerprint density at radius 2 is 1.95 bits per heavy atom. The fourth-order valence-corrected chi connectivity index (χ4v) is 1.80. The van der Waals surface area contributed by atoms with Crippen LogP contribution in [-0.2, 0) is 14.3 Å². The SMILES string of the molecule is CC(C)OCCCNC(=O)C(=O)Nc1cccc(Cl)c1Cl. The minimum Gasteiger partial charge on any atom is -0.379 e. The Balaban J connectivity index is 2.38. The van der Waals surface area contributed by atoms with E-state index in [9.17, 15) is 9.59 Å². The van der Waals surface area contributed by atoms with Crippen LogP contribution in [0.2, 0.25) is 10.0 Å². The van der Waals surface area contributed by atoms with Gasteiger partial charge in [-0.1, -0.05) is 29.3 Å². The van der Waals surface area contributed by atoms with Crippen molar-refractivity contribution in [3.8, 4) is 0 Å². The Bertz CT molecular complexity index is 507. The number of carbonyl (C=O) groups is 2. The highest BCUT2D eigenvalue weighted by Crippen LogP contribution is 2.29. The van der Waals surface area contributed by atoms with E-state index in [0.717, 1.165) is 0 Å². The molecular formula is C14H18Cl2N2O3. The number of benzene rings is 1. The van der Waals surface area contributed by atoms with Crippen molar-refractivity contribution in [3.05, 3.63) is 28.2 Å². The summed E-state index contributed by atoms with van der Waals surface area (Å²) in [5, 5.41) is 5.42. The van der Waals surface area contributed by atoms with E-state index in [0.29, 0.717) is 30.3 Å². The smallest absolute Gasteiger partial charge is 0.313 e. The number of nitrogens with one attached hydrogen (secondary N) is 2. The lowest BCUT2D eigenvalue weighted by Crippen LogP contribution is -2.36. The first-order valence-electron chi connectivity index (χ1n) is 6.56. The maximum atomic E-state index is 11.7. The fraction of sp³-hybridized carbons (Fsp3) is 0.429. The fourth-order valence-electron chi connectivity index (χ4n) is 1.45. The highest BCUT2D eigenvalue weighted by atomic mass is 35.5. The number of amides is 2. The lowest BCUT2D eigenvalue weighted by atomic mass is 10.3. The molecule has 0 aliphatic carbocycles. The molecule has 0 atom stereocenters. The van der Waals surface area contributed by atoms with Crippen molar-refractivity contribution in [1.82, 2.24) is 5.32 Å². The second-order valence-corrected chi connectivity index (χ2v) is 5.37. The molecule has 21 heavy (non-hydrogen) atoms. The number of hydrogen-bond donors (Lipinski definition) is 2. The Hall–Kier alpha value is -1.30. The summed E-state index contributed by atoms with van der Waals surface area (Å²) in [6.45, 7) is 4.75. The van der Waals surface area contributed by atoms with Gasteiger partial charge < -0.3 is 15.4 Å². The van der Waals surface area contributed by atoms with Crippen LogP contribution in [0.25, 0.3) is 0 Å². The third kappa shape index (κ3) is 6.33. The summed E-state index contributed by atoms with van der Waals surface area (Å²) >= 11 is 11.7. The average molecular weight is 333 g/mol. The van der Waals surface area contributed by atoms with Gasteiger partial charge in [0, 0.05) is 13.2 Å². The van der Waals surface area contributed by atoms with Crippen molar-refractivity contribution in [2.45, 2.75) is 26.4 Å². The molecule has 0 unspecified atom stereocenters. The molecule has 0 bridgehead atoms. The quantitative estimate of drug-likeness (QED) is 0.621. The highest BCUT2D eigenvalue weighted by Gasteiger charge is 2.15. The van der Waals surface area contributed by atoms with E-state index >= 15 is 0 Å². The van der Waals surface area contributed by atoms with Gasteiger partial charge in [0.05, 0.1) is 21.8 Å². The van der Waals surface area contributed by atoms with E-state index in [2.05, 4.69) is 10.6 Å². The summed E-state index contributed by atoms with van der Waals surface area (Å²) in [6.07, 6.45) is 0.781. The largest absolute Gasteiger partial charge is 0.379 e. The van der Waals surface area contributed by atoms with Gasteiger partial charge in [0.25, 0.3) is 0 Å². The molecule has 0 aliphatic heterocycles. The van der Waals surface area contributed by atoms with Gasteiger partial charge in [-0.15, -0.1) is 0 Å². The molecule has 0 heterocycles. The second-order valence-electron chi connectivity index (χ2n) is 4.58. The predicted molar refractivity (Wildman–Crippen MR) is 83.8 cm³/mol. The van der Waals surface area contributed by atoms with E-state index in [1.165, 1.54) is 0 Å². The van der Waals surface area contributed by atoms with Gasteiger partial charge in [-0.2, -0.15) is 0 Å². The summed E-state index contributed by atoms with van der Waals surface area (Å²) in [4.78, 5) is 23.3. The minimum absolute atomic E-state index is 0.147. The van der Waals surface area contributed by atoms with Crippen LogP contribution < -0.4 is 10.6 Å². The Labute approximate surface area is 133 Å². The van der Waals surface area contributed by atoms with Crippen LogP contribution in [0.1, 0.15) is 20.3 Å². The summed E-state index contributed by atoms with van der Waals surface area (Å²) in [5.74, 6) is -1.51. The van der Waals surface area contributed by atoms with Crippen LogP contribution in [0.4, 0.5) is 5.69 Å². The topological polar surface area (TPSA) is 67.4 Å². The summed E-state index contributed by atoms with van der Waals surface area (Å²) in [5.41, 5.74) is 0.299. The number of hydrogen-bond acceptors (Lipinski definition) is 3. The highest BCUT2D eigenvalue weighted by molar-refractivity contribution is 6.45. The van der Waals surface area contributed by atoms with Gasteiger partial charge in [0.1, 0.15) is 0 Å². The standard InChI is InChI=1S/C14H18Cl2N2O3/c1-9(2)21-8-4-7-17-13(19)14(20)18-11-6-3-5-10(15)12(11)16/h3,5-6,9H,4,7-8H2,1-2H3,(H,17,19)(H,18,20). The second kappa shape index (κ2) is 8.87. The van der Waals surface area contributed by atoms with E-state index in [-0.39, 0.29) is 11.1 Å². The molecule has 1 aromatic rings. The normalized spacial score (nSPS) is 10.5. The van der Waals surface area contributed by atoms with Gasteiger partial charge in [0.15, 0.2) is 0 Å². The molecule has 2 amide bonds. The van der Waals surface area contributed by atoms with E-state index in [4.69, 9.17) is 27.9 Å². The van der Waals surface area contributed by atoms with E-state index in [1.54, 1.807) is 18.2 Å². The first-order valence-corrected chi connectivity index (χ1v) is 7.32. The number of halogens is 2. The molecule has 0 saturated carbocycles. The summed E-state index contributed by atoms with van der Waals surface area (Å²) in [7, 11) is 0. The molecule has 0 radical (unpaired) electrons. The van der Waals surface area contributed by atoms with E-state index in [1.807, 2.05) is 13.8 Å². The number of rotatable bonds is 6. The Morgan fingerprint density at radius 1 is 1.24 bits per heavy atom. The molecule has 1 rings (SSSR count). The molecule has 0 aliphatic rings. The maximum absolute atomic E-state index is 11.7. The molecule has 0 aromatic heterocycles. The molecule has 0 saturated heterocycles. The number of carbonyl (C=O) groups excluding carboxylic acids is 2. The van der Waals surface area contributed by atoms with Gasteiger partial charge in [0.2, 0.25) is 0 Å². The Kier molecular flexibility index (Phi) is 7.50. The summed E-state index contributed by atoms with van der Waals surface area (Å²) < 4.78 is 5.32. The van der Waals surface area contributed by atoms with Crippen molar-refractivity contribution in [1.29, 1.82) is 0 Å². The van der Waals surface area contributed by atoms with Crippen molar-refractivity contribution in [2.75, 3.05) is 18.5 Å². The molecule has 5 nitrogen and oxygen atoms in total. The predicted octanol–water partition coefficient (Wildman–Crippen LogP) is 2.86. The zero-order chi connectivity index (χ0) is 15.8. The third-order valence-electron chi connectivity index (χ3n) is 2.46. The zero-order valence-corrected chi connectivity index (χ0v) is 13.4. The Morgan fingerprint density at radius 3 is 2.62 bits per heavy atom. The molecule has 7 heteroatoms. The molecule has 116 valence electrons. The minimum atomic E-state index is -0.788. The van der Waals surface area contributed by atoms with Crippen molar-refractivity contribution < 1.29 is 14.3 Å².